The molecule has 2 rings (SSSR count). The number of carbonyl (C=O) groups excluding carboxylic acids is 1. The third-order valence-electron chi connectivity index (χ3n) is 4.13. The summed E-state index contributed by atoms with van der Waals surface area (Å²) in [4.78, 5) is 12.7. The van der Waals surface area contributed by atoms with Crippen LogP contribution in [-0.2, 0) is 26.0 Å². The van der Waals surface area contributed by atoms with Gasteiger partial charge in [0.1, 0.15) is 6.04 Å². The molecule has 0 aromatic heterocycles. The molecule has 0 aliphatic rings. The molecule has 0 bridgehead atoms. The van der Waals surface area contributed by atoms with E-state index < -0.39 is 22.0 Å². The molecule has 2 aromatic rings. The number of nitrogens with zero attached hydrogens (tertiary/aromatic N) is 1. The Morgan fingerprint density at radius 3 is 2.50 bits per heavy atom. The molecule has 0 aliphatic heterocycles. The van der Waals surface area contributed by atoms with Gasteiger partial charge in [-0.3, -0.25) is 4.79 Å². The molecule has 0 saturated heterocycles. The van der Waals surface area contributed by atoms with Crippen LogP contribution in [0.3, 0.4) is 0 Å². The van der Waals surface area contributed by atoms with Crippen LogP contribution >= 0.6 is 31.9 Å². The summed E-state index contributed by atoms with van der Waals surface area (Å²) in [5.74, 6) is -0.609. The number of benzene rings is 2. The van der Waals surface area contributed by atoms with Crippen LogP contribution in [0.2, 0.25) is 0 Å². The molecule has 1 atom stereocenters. The zero-order valence-corrected chi connectivity index (χ0v) is 19.3. The first-order chi connectivity index (χ1) is 13.3. The molecule has 28 heavy (non-hydrogen) atoms. The molecule has 0 aliphatic carbocycles. The zero-order valence-electron chi connectivity index (χ0n) is 15.3. The lowest BCUT2D eigenvalue weighted by Gasteiger charge is -2.29. The van der Waals surface area contributed by atoms with E-state index in [4.69, 9.17) is 4.74 Å². The van der Waals surface area contributed by atoms with Gasteiger partial charge >= 0.3 is 5.97 Å². The largest absolute Gasteiger partial charge is 0.468 e. The minimum absolute atomic E-state index is 0.0768. The minimum atomic E-state index is -3.99. The Labute approximate surface area is 182 Å². The molecule has 0 radical (unpaired) electrons. The van der Waals surface area contributed by atoms with Crippen LogP contribution < -0.4 is 0 Å². The van der Waals surface area contributed by atoms with Gasteiger partial charge in [0.15, 0.2) is 0 Å². The molecule has 0 heterocycles. The quantitative estimate of drug-likeness (QED) is 0.352. The molecule has 0 spiro atoms. The van der Waals surface area contributed by atoms with Crippen molar-refractivity contribution < 1.29 is 17.9 Å². The first-order valence-electron chi connectivity index (χ1n) is 8.50. The van der Waals surface area contributed by atoms with Gasteiger partial charge in [0.25, 0.3) is 0 Å². The summed E-state index contributed by atoms with van der Waals surface area (Å²) in [5.41, 5.74) is 0.838. The smallest absolute Gasteiger partial charge is 0.324 e. The molecular formula is C20H21Br2NO4S. The second-order valence-electron chi connectivity index (χ2n) is 6.00. The predicted molar refractivity (Wildman–Crippen MR) is 116 cm³/mol. The van der Waals surface area contributed by atoms with Gasteiger partial charge < -0.3 is 4.74 Å². The van der Waals surface area contributed by atoms with Crippen molar-refractivity contribution in [2.45, 2.75) is 23.8 Å². The zero-order chi connectivity index (χ0) is 20.7. The highest BCUT2D eigenvalue weighted by Crippen LogP contribution is 2.30. The summed E-state index contributed by atoms with van der Waals surface area (Å²) in [5, 5.41) is 0. The Kier molecular flexibility index (Phi) is 8.42. The van der Waals surface area contributed by atoms with E-state index >= 15 is 0 Å². The van der Waals surface area contributed by atoms with Crippen molar-refractivity contribution in [1.29, 1.82) is 0 Å². The topological polar surface area (TPSA) is 63.7 Å². The maximum atomic E-state index is 13.5. The van der Waals surface area contributed by atoms with Crippen LogP contribution in [0.4, 0.5) is 0 Å². The Balaban J connectivity index is 2.55. The molecule has 8 heteroatoms. The average molecular weight is 531 g/mol. The van der Waals surface area contributed by atoms with Crippen molar-refractivity contribution >= 4 is 47.9 Å². The van der Waals surface area contributed by atoms with E-state index in [0.29, 0.717) is 15.4 Å². The number of halogens is 2. The molecule has 2 aromatic carbocycles. The highest BCUT2D eigenvalue weighted by molar-refractivity contribution is 9.11. The molecule has 0 saturated carbocycles. The maximum Gasteiger partial charge on any atom is 0.324 e. The van der Waals surface area contributed by atoms with Gasteiger partial charge in [0, 0.05) is 15.5 Å². The van der Waals surface area contributed by atoms with E-state index in [-0.39, 0.29) is 17.9 Å². The van der Waals surface area contributed by atoms with Gasteiger partial charge in [-0.05, 0) is 52.5 Å². The predicted octanol–water partition coefficient (Wildman–Crippen LogP) is 4.56. The Morgan fingerprint density at radius 1 is 1.21 bits per heavy atom. The summed E-state index contributed by atoms with van der Waals surface area (Å²) in [7, 11) is -2.74. The summed E-state index contributed by atoms with van der Waals surface area (Å²) >= 11 is 6.62. The number of methoxy groups -OCH3 is 1. The Bertz CT molecular complexity index is 932. The van der Waals surface area contributed by atoms with Crippen molar-refractivity contribution in [3.8, 4) is 0 Å². The summed E-state index contributed by atoms with van der Waals surface area (Å²) in [6, 6.07) is 13.1. The first kappa shape index (κ1) is 22.8. The molecule has 0 amide bonds. The van der Waals surface area contributed by atoms with Crippen LogP contribution in [0.25, 0.3) is 0 Å². The van der Waals surface area contributed by atoms with E-state index in [1.165, 1.54) is 17.5 Å². The number of ether oxygens (including phenoxy) is 1. The molecular weight excluding hydrogens is 510 g/mol. The number of sulfonamides is 1. The van der Waals surface area contributed by atoms with E-state index in [9.17, 15) is 13.2 Å². The standard InChI is InChI=1S/C20H21Br2NO4S/c1-3-4-12-23(28(25,26)19-14-16(21)10-11-17(19)22)18(20(24)27-2)13-15-8-6-5-7-9-15/h3,5-11,14,18H,1,4,12-13H2,2H3/t18-/m1/s1. The van der Waals surface area contributed by atoms with Gasteiger partial charge in [-0.1, -0.05) is 52.3 Å². The van der Waals surface area contributed by atoms with Gasteiger partial charge in [0.2, 0.25) is 10.0 Å². The van der Waals surface area contributed by atoms with E-state index in [1.807, 2.05) is 30.3 Å². The maximum absolute atomic E-state index is 13.5. The number of hydrogen-bond acceptors (Lipinski definition) is 4. The van der Waals surface area contributed by atoms with E-state index in [0.717, 1.165) is 5.56 Å². The summed E-state index contributed by atoms with van der Waals surface area (Å²) in [6.45, 7) is 3.78. The lowest BCUT2D eigenvalue weighted by atomic mass is 10.1. The third kappa shape index (κ3) is 5.53. The fourth-order valence-electron chi connectivity index (χ4n) is 2.74. The second-order valence-corrected chi connectivity index (χ2v) is 9.63. The van der Waals surface area contributed by atoms with Crippen molar-refractivity contribution in [2.24, 2.45) is 0 Å². The molecule has 5 nitrogen and oxygen atoms in total. The Morgan fingerprint density at radius 2 is 1.89 bits per heavy atom. The normalized spacial score (nSPS) is 12.6. The Hall–Kier alpha value is -1.48. The monoisotopic (exact) mass is 529 g/mol. The summed E-state index contributed by atoms with van der Waals surface area (Å²) in [6.07, 6.45) is 2.22. The number of rotatable bonds is 9. The lowest BCUT2D eigenvalue weighted by Crippen LogP contribution is -2.47. The van der Waals surface area contributed by atoms with Crippen molar-refractivity contribution in [3.63, 3.8) is 0 Å². The number of carbonyl (C=O) groups is 1. The van der Waals surface area contributed by atoms with Crippen LogP contribution in [0.1, 0.15) is 12.0 Å². The third-order valence-corrected chi connectivity index (χ3v) is 7.52. The van der Waals surface area contributed by atoms with Gasteiger partial charge in [0.05, 0.1) is 12.0 Å². The second kappa shape index (κ2) is 10.3. The van der Waals surface area contributed by atoms with Crippen LogP contribution in [0.5, 0.6) is 0 Å². The highest BCUT2D eigenvalue weighted by atomic mass is 79.9. The fraction of sp³-hybridized carbons (Fsp3) is 0.250. The van der Waals surface area contributed by atoms with Gasteiger partial charge in [-0.15, -0.1) is 6.58 Å². The van der Waals surface area contributed by atoms with Crippen LogP contribution in [-0.4, -0.2) is 38.4 Å². The lowest BCUT2D eigenvalue weighted by molar-refractivity contribution is -0.145. The molecule has 150 valence electrons. The van der Waals surface area contributed by atoms with Crippen molar-refractivity contribution in [3.05, 3.63) is 75.7 Å². The SMILES string of the molecule is C=CCCN([C@H](Cc1ccccc1)C(=O)OC)S(=O)(=O)c1cc(Br)ccc1Br. The first-order valence-corrected chi connectivity index (χ1v) is 11.5. The average Bonchev–Trinajstić information content (AvgIpc) is 2.69. The number of hydrogen-bond donors (Lipinski definition) is 0. The minimum Gasteiger partial charge on any atom is -0.468 e. The molecule has 0 N–H and O–H groups in total. The molecule has 0 unspecified atom stereocenters. The summed E-state index contributed by atoms with van der Waals surface area (Å²) < 4.78 is 34.2. The van der Waals surface area contributed by atoms with E-state index in [2.05, 4.69) is 38.4 Å². The highest BCUT2D eigenvalue weighted by Gasteiger charge is 2.37. The molecule has 0 fully saturated rings. The number of esters is 1. The van der Waals surface area contributed by atoms with Crippen LogP contribution in [0.15, 0.2) is 75.0 Å². The van der Waals surface area contributed by atoms with Crippen LogP contribution in [0, 0.1) is 0 Å². The van der Waals surface area contributed by atoms with Crippen molar-refractivity contribution in [1.82, 2.24) is 4.31 Å². The van der Waals surface area contributed by atoms with Crippen molar-refractivity contribution in [2.75, 3.05) is 13.7 Å². The fourth-order valence-corrected chi connectivity index (χ4v) is 5.80. The van der Waals surface area contributed by atoms with Gasteiger partial charge in [-0.25, -0.2) is 8.42 Å². The van der Waals surface area contributed by atoms with E-state index in [1.54, 1.807) is 18.2 Å². The van der Waals surface area contributed by atoms with Gasteiger partial charge in [-0.2, -0.15) is 4.31 Å².